The molecule has 9 heteroatoms. The number of hydrogen-bond donors (Lipinski definition) is 5. The Morgan fingerprint density at radius 2 is 1.66 bits per heavy atom. The number of alkyl carbamates (subject to hydrolysis) is 1. The van der Waals surface area contributed by atoms with Crippen LogP contribution in [0.2, 0.25) is 0 Å². The lowest BCUT2D eigenvalue weighted by molar-refractivity contribution is -0.179. The third kappa shape index (κ3) is 5.94. The number of hydrogen-bond acceptors (Lipinski definition) is 5. The molecule has 3 aromatic rings. The monoisotopic (exact) mass is 600 g/mol. The molecule has 4 fully saturated rings. The summed E-state index contributed by atoms with van der Waals surface area (Å²) in [5.74, 6) is 0.00242. The van der Waals surface area contributed by atoms with Crippen LogP contribution in [0.3, 0.4) is 0 Å². The number of ether oxygens (including phenoxy) is 1. The summed E-state index contributed by atoms with van der Waals surface area (Å²) in [7, 11) is 0. The third-order valence-electron chi connectivity index (χ3n) is 10.5. The van der Waals surface area contributed by atoms with E-state index in [1.807, 2.05) is 37.3 Å². The Balaban J connectivity index is 1.07. The smallest absolute Gasteiger partial charge is 0.407 e. The number of aromatic nitrogens is 1. The van der Waals surface area contributed by atoms with Crippen LogP contribution in [0.4, 0.5) is 4.79 Å². The van der Waals surface area contributed by atoms with Gasteiger partial charge in [0.1, 0.15) is 5.60 Å². The Kier molecular flexibility index (Phi) is 8.42. The molecule has 9 nitrogen and oxygen atoms in total. The molecule has 1 aromatic heterocycles. The van der Waals surface area contributed by atoms with Crippen LogP contribution in [0, 0.1) is 17.8 Å². The van der Waals surface area contributed by atoms with Crippen molar-refractivity contribution in [3.05, 3.63) is 71.9 Å². The van der Waals surface area contributed by atoms with E-state index in [9.17, 15) is 14.4 Å². The van der Waals surface area contributed by atoms with Gasteiger partial charge < -0.3 is 30.8 Å². The fourth-order valence-corrected chi connectivity index (χ4v) is 8.78. The van der Waals surface area contributed by atoms with E-state index in [1.54, 1.807) is 0 Å². The topological polar surface area (TPSA) is 133 Å². The first-order valence-corrected chi connectivity index (χ1v) is 16.0. The molecule has 7 rings (SSSR count). The molecule has 4 aliphatic rings. The first kappa shape index (κ1) is 30.2. The summed E-state index contributed by atoms with van der Waals surface area (Å²) in [4.78, 5) is 40.2. The Morgan fingerprint density at radius 1 is 0.955 bits per heavy atom. The van der Waals surface area contributed by atoms with Crippen molar-refractivity contribution in [2.45, 2.75) is 81.9 Å². The summed E-state index contributed by atoms with van der Waals surface area (Å²) >= 11 is 0. The third-order valence-corrected chi connectivity index (χ3v) is 10.5. The molecule has 0 saturated heterocycles. The second-order valence-corrected chi connectivity index (χ2v) is 13.5. The number of aromatic amines is 1. The average Bonchev–Trinajstić information content (AvgIpc) is 3.43. The average molecular weight is 601 g/mol. The van der Waals surface area contributed by atoms with Crippen LogP contribution in [0.15, 0.2) is 60.8 Å². The number of amides is 2. The first-order chi connectivity index (χ1) is 21.2. The molecule has 44 heavy (non-hydrogen) atoms. The number of carboxylic acid groups (broad SMARTS) is 1. The maximum absolute atomic E-state index is 13.4. The molecular weight excluding hydrogens is 556 g/mol. The summed E-state index contributed by atoms with van der Waals surface area (Å²) in [6, 6.07) is 17.6. The number of rotatable bonds is 12. The Bertz CT molecular complexity index is 1490. The first-order valence-electron chi connectivity index (χ1n) is 16.0. The van der Waals surface area contributed by atoms with Crippen LogP contribution in [0.25, 0.3) is 10.9 Å². The highest BCUT2D eigenvalue weighted by molar-refractivity contribution is 5.84. The molecule has 234 valence electrons. The van der Waals surface area contributed by atoms with Crippen molar-refractivity contribution in [2.75, 3.05) is 13.1 Å². The van der Waals surface area contributed by atoms with Gasteiger partial charge in [0.15, 0.2) is 0 Å². The number of carbonyl (C=O) groups is 3. The minimum absolute atomic E-state index is 0.00150. The van der Waals surface area contributed by atoms with Gasteiger partial charge in [0.05, 0.1) is 12.5 Å². The van der Waals surface area contributed by atoms with Crippen molar-refractivity contribution >= 4 is 28.9 Å². The van der Waals surface area contributed by atoms with Gasteiger partial charge in [-0.05, 0) is 68.1 Å². The van der Waals surface area contributed by atoms with Crippen LogP contribution in [-0.4, -0.2) is 52.8 Å². The lowest BCUT2D eigenvalue weighted by Gasteiger charge is -2.65. The van der Waals surface area contributed by atoms with Gasteiger partial charge in [-0.15, -0.1) is 0 Å². The Hall–Kier alpha value is -3.85. The van der Waals surface area contributed by atoms with Gasteiger partial charge in [0, 0.05) is 54.0 Å². The number of fused-ring (bicyclic) bond motifs is 1. The van der Waals surface area contributed by atoms with Gasteiger partial charge in [-0.2, -0.15) is 0 Å². The van der Waals surface area contributed by atoms with Gasteiger partial charge in [-0.1, -0.05) is 55.5 Å². The number of aliphatic carboxylic acids is 1. The van der Waals surface area contributed by atoms with Crippen LogP contribution >= 0.6 is 0 Å². The van der Waals surface area contributed by atoms with E-state index >= 15 is 0 Å². The van der Waals surface area contributed by atoms with Crippen molar-refractivity contribution in [3.8, 4) is 0 Å². The molecular formula is C35H44N4O5. The minimum atomic E-state index is -1.00. The normalized spacial score (nSPS) is 28.4. The number of nitrogens with one attached hydrogen (secondary N) is 4. The predicted molar refractivity (Wildman–Crippen MR) is 168 cm³/mol. The predicted octanol–water partition coefficient (Wildman–Crippen LogP) is 5.43. The molecule has 4 saturated carbocycles. The summed E-state index contributed by atoms with van der Waals surface area (Å²) in [6.07, 6.45) is 6.91. The Labute approximate surface area is 258 Å². The molecule has 0 spiro atoms. The minimum Gasteiger partial charge on any atom is -0.481 e. The molecule has 3 unspecified atom stereocenters. The van der Waals surface area contributed by atoms with Crippen molar-refractivity contribution in [3.63, 3.8) is 0 Å². The highest BCUT2D eigenvalue weighted by Gasteiger charge is 2.65. The standard InChI is InChI=1S/C35H44N4O5/c1-22(19-36-21-30(26-8-4-3-5-9-26)39-31(40)12-13-32(41)42)38-33(43)44-35-17-24-14-25(18-35)16-34(15-24,23(35)2)28-20-37-29-11-7-6-10-27(28)29/h3-11,20,22-25,30,36-37H,12-19,21H2,1-2H3,(H,38,43)(H,39,40)(H,41,42)/t22-,23?,24?,25?,30+,34?,35?/m1/s1. The van der Waals surface area contributed by atoms with Crippen molar-refractivity contribution in [1.29, 1.82) is 0 Å². The molecule has 4 aliphatic carbocycles. The van der Waals surface area contributed by atoms with Crippen molar-refractivity contribution in [1.82, 2.24) is 20.9 Å². The largest absolute Gasteiger partial charge is 0.481 e. The van der Waals surface area contributed by atoms with E-state index in [0.717, 1.165) is 36.8 Å². The number of carbonyl (C=O) groups excluding carboxylic acids is 2. The molecule has 4 bridgehead atoms. The lowest BCUT2D eigenvalue weighted by Crippen LogP contribution is -2.65. The number of carboxylic acids is 1. The zero-order valence-corrected chi connectivity index (χ0v) is 25.6. The molecule has 1 heterocycles. The quantitative estimate of drug-likeness (QED) is 0.188. The van der Waals surface area contributed by atoms with Crippen LogP contribution in [-0.2, 0) is 19.7 Å². The molecule has 0 radical (unpaired) electrons. The summed E-state index contributed by atoms with van der Waals surface area (Å²) in [6.45, 7) is 5.15. The molecule has 2 amide bonds. The van der Waals surface area contributed by atoms with E-state index in [1.165, 1.54) is 17.4 Å². The van der Waals surface area contributed by atoms with Gasteiger partial charge in [-0.3, -0.25) is 9.59 Å². The highest BCUT2D eigenvalue weighted by Crippen LogP contribution is 2.66. The molecule has 2 aromatic carbocycles. The van der Waals surface area contributed by atoms with Gasteiger partial charge in [-0.25, -0.2) is 4.79 Å². The molecule has 5 N–H and O–H groups in total. The second kappa shape index (κ2) is 12.3. The summed E-state index contributed by atoms with van der Waals surface area (Å²) < 4.78 is 6.47. The highest BCUT2D eigenvalue weighted by atomic mass is 16.6. The van der Waals surface area contributed by atoms with E-state index < -0.39 is 11.6 Å². The van der Waals surface area contributed by atoms with E-state index in [-0.39, 0.29) is 48.3 Å². The Morgan fingerprint density at radius 3 is 2.39 bits per heavy atom. The van der Waals surface area contributed by atoms with Crippen molar-refractivity contribution < 1.29 is 24.2 Å². The van der Waals surface area contributed by atoms with Crippen LogP contribution < -0.4 is 16.0 Å². The second-order valence-electron chi connectivity index (χ2n) is 13.5. The van der Waals surface area contributed by atoms with E-state index in [4.69, 9.17) is 9.84 Å². The lowest BCUT2D eigenvalue weighted by atomic mass is 9.42. The number of H-pyrrole nitrogens is 1. The molecule has 0 aliphatic heterocycles. The maximum Gasteiger partial charge on any atom is 0.407 e. The van der Waals surface area contributed by atoms with E-state index in [2.05, 4.69) is 58.3 Å². The maximum atomic E-state index is 13.4. The zero-order valence-electron chi connectivity index (χ0n) is 25.6. The summed E-state index contributed by atoms with van der Waals surface area (Å²) in [5.41, 5.74) is 2.98. The SMILES string of the molecule is CC1C2(OC(=O)N[C@H](C)CNC[C@H](NC(=O)CCC(=O)O)c3ccccc3)CC3CC(C2)CC1(c1c[nH]c2ccccc12)C3. The number of benzene rings is 2. The van der Waals surface area contributed by atoms with Gasteiger partial charge >= 0.3 is 12.1 Å². The van der Waals surface area contributed by atoms with Crippen LogP contribution in [0.5, 0.6) is 0 Å². The summed E-state index contributed by atoms with van der Waals surface area (Å²) in [5, 5.41) is 19.6. The fourth-order valence-electron chi connectivity index (χ4n) is 8.78. The van der Waals surface area contributed by atoms with Crippen LogP contribution in [0.1, 0.15) is 76.0 Å². The van der Waals surface area contributed by atoms with Crippen molar-refractivity contribution in [2.24, 2.45) is 17.8 Å². The fraction of sp³-hybridized carbons (Fsp3) is 0.514. The van der Waals surface area contributed by atoms with Gasteiger partial charge in [0.25, 0.3) is 0 Å². The molecule has 5 atom stereocenters. The number of para-hydroxylation sites is 1. The zero-order chi connectivity index (χ0) is 30.9. The van der Waals surface area contributed by atoms with E-state index in [0.29, 0.717) is 24.9 Å². The van der Waals surface area contributed by atoms with Gasteiger partial charge in [0.2, 0.25) is 5.91 Å².